The second-order valence-corrected chi connectivity index (χ2v) is 4.41. The zero-order valence-electron chi connectivity index (χ0n) is 10.1. The van der Waals surface area contributed by atoms with E-state index in [1.54, 1.807) is 19.1 Å². The van der Waals surface area contributed by atoms with Crippen LogP contribution in [-0.4, -0.2) is 11.0 Å². The number of hydrogen-bond donors (Lipinski definition) is 2. The summed E-state index contributed by atoms with van der Waals surface area (Å²) in [5.41, 5.74) is 0.694. The normalized spacial score (nSPS) is 10.3. The Labute approximate surface area is 114 Å². The Morgan fingerprint density at radius 1 is 1.26 bits per heavy atom. The summed E-state index contributed by atoms with van der Waals surface area (Å²) >= 11 is 5.81. The van der Waals surface area contributed by atoms with Crippen molar-refractivity contribution in [3.05, 3.63) is 58.4 Å². The van der Waals surface area contributed by atoms with E-state index in [-0.39, 0.29) is 16.3 Å². The predicted molar refractivity (Wildman–Crippen MR) is 72.2 cm³/mol. The molecule has 0 radical (unpaired) electrons. The molecule has 0 aliphatic heterocycles. The molecule has 19 heavy (non-hydrogen) atoms. The molecule has 1 amide bonds. The molecule has 0 heterocycles. The number of hydrogen-bond acceptors (Lipinski definition) is 2. The summed E-state index contributed by atoms with van der Waals surface area (Å²) < 4.78 is 13.6. The van der Waals surface area contributed by atoms with Gasteiger partial charge in [0.25, 0.3) is 5.91 Å². The van der Waals surface area contributed by atoms with E-state index in [4.69, 9.17) is 11.6 Å². The lowest BCUT2D eigenvalue weighted by Crippen LogP contribution is -2.15. The molecule has 0 saturated carbocycles. The van der Waals surface area contributed by atoms with Crippen LogP contribution in [0.15, 0.2) is 36.4 Å². The lowest BCUT2D eigenvalue weighted by atomic mass is 10.1. The number of benzene rings is 2. The molecule has 0 atom stereocenters. The maximum absolute atomic E-state index is 13.6. The van der Waals surface area contributed by atoms with Gasteiger partial charge in [0.2, 0.25) is 0 Å². The highest BCUT2D eigenvalue weighted by Crippen LogP contribution is 2.26. The van der Waals surface area contributed by atoms with Crippen molar-refractivity contribution in [2.24, 2.45) is 0 Å². The standard InChI is InChI=1S/C14H11ClFNO2/c1-8-11(6-3-7-12(8)18)17-14(19)13-9(15)4-2-5-10(13)16/h2-7,18H,1H3,(H,17,19). The molecule has 98 valence electrons. The highest BCUT2D eigenvalue weighted by atomic mass is 35.5. The van der Waals surface area contributed by atoms with Gasteiger partial charge in [-0.1, -0.05) is 23.7 Å². The smallest absolute Gasteiger partial charge is 0.260 e. The quantitative estimate of drug-likeness (QED) is 0.880. The van der Waals surface area contributed by atoms with Gasteiger partial charge >= 0.3 is 0 Å². The molecule has 2 aromatic carbocycles. The van der Waals surface area contributed by atoms with Crippen LogP contribution in [0.2, 0.25) is 5.02 Å². The zero-order valence-corrected chi connectivity index (χ0v) is 10.8. The first kappa shape index (κ1) is 13.4. The fourth-order valence-electron chi connectivity index (χ4n) is 1.66. The lowest BCUT2D eigenvalue weighted by molar-refractivity contribution is 0.102. The Morgan fingerprint density at radius 3 is 2.63 bits per heavy atom. The van der Waals surface area contributed by atoms with Crippen LogP contribution in [0.3, 0.4) is 0 Å². The molecule has 0 aliphatic rings. The van der Waals surface area contributed by atoms with Gasteiger partial charge in [-0.3, -0.25) is 4.79 Å². The Kier molecular flexibility index (Phi) is 3.71. The van der Waals surface area contributed by atoms with Crippen molar-refractivity contribution in [1.82, 2.24) is 0 Å². The Hall–Kier alpha value is -2.07. The first-order valence-corrected chi connectivity index (χ1v) is 5.92. The van der Waals surface area contributed by atoms with E-state index in [0.29, 0.717) is 11.3 Å². The van der Waals surface area contributed by atoms with E-state index in [0.717, 1.165) is 6.07 Å². The summed E-state index contributed by atoms with van der Waals surface area (Å²) in [5, 5.41) is 12.1. The van der Waals surface area contributed by atoms with Crippen molar-refractivity contribution in [3.8, 4) is 5.75 Å². The van der Waals surface area contributed by atoms with Crippen molar-refractivity contribution >= 4 is 23.2 Å². The van der Waals surface area contributed by atoms with E-state index in [2.05, 4.69) is 5.32 Å². The second-order valence-electron chi connectivity index (χ2n) is 4.00. The molecule has 3 nitrogen and oxygen atoms in total. The van der Waals surface area contributed by atoms with Gasteiger partial charge in [-0.2, -0.15) is 0 Å². The minimum absolute atomic E-state index is 0.0373. The second kappa shape index (κ2) is 5.28. The number of anilines is 1. The van der Waals surface area contributed by atoms with Crippen LogP contribution in [0.25, 0.3) is 0 Å². The molecule has 2 rings (SSSR count). The maximum atomic E-state index is 13.6. The fraction of sp³-hybridized carbons (Fsp3) is 0.0714. The summed E-state index contributed by atoms with van der Waals surface area (Å²) in [4.78, 5) is 12.0. The molecule has 2 N–H and O–H groups in total. The number of halogens is 2. The van der Waals surface area contributed by atoms with Crippen molar-refractivity contribution in [2.75, 3.05) is 5.32 Å². The fourth-order valence-corrected chi connectivity index (χ4v) is 1.91. The van der Waals surface area contributed by atoms with E-state index in [9.17, 15) is 14.3 Å². The first-order valence-electron chi connectivity index (χ1n) is 5.54. The summed E-state index contributed by atoms with van der Waals surface area (Å²) in [6, 6.07) is 8.72. The monoisotopic (exact) mass is 279 g/mol. The highest BCUT2D eigenvalue weighted by molar-refractivity contribution is 6.34. The topological polar surface area (TPSA) is 49.3 Å². The average Bonchev–Trinajstić information content (AvgIpc) is 2.35. The number of amides is 1. The van der Waals surface area contributed by atoms with E-state index in [1.165, 1.54) is 18.2 Å². The van der Waals surface area contributed by atoms with Gasteiger partial charge in [-0.05, 0) is 31.2 Å². The van der Waals surface area contributed by atoms with Crippen LogP contribution in [0, 0.1) is 12.7 Å². The molecule has 0 aromatic heterocycles. The van der Waals surface area contributed by atoms with E-state index < -0.39 is 11.7 Å². The van der Waals surface area contributed by atoms with Crippen molar-refractivity contribution < 1.29 is 14.3 Å². The largest absolute Gasteiger partial charge is 0.508 e. The number of nitrogens with one attached hydrogen (secondary N) is 1. The Balaban J connectivity index is 2.34. The van der Waals surface area contributed by atoms with E-state index >= 15 is 0 Å². The number of rotatable bonds is 2. The average molecular weight is 280 g/mol. The molecular weight excluding hydrogens is 269 g/mol. The third kappa shape index (κ3) is 2.69. The number of phenolic OH excluding ortho intramolecular Hbond substituents is 1. The summed E-state index contributed by atoms with van der Waals surface area (Å²) in [5.74, 6) is -1.29. The van der Waals surface area contributed by atoms with Gasteiger partial charge in [0, 0.05) is 11.3 Å². The molecule has 0 unspecified atom stereocenters. The molecule has 0 fully saturated rings. The van der Waals surface area contributed by atoms with Crippen molar-refractivity contribution in [1.29, 1.82) is 0 Å². The number of aromatic hydroxyl groups is 1. The first-order chi connectivity index (χ1) is 9.00. The van der Waals surface area contributed by atoms with Crippen LogP contribution in [0.1, 0.15) is 15.9 Å². The SMILES string of the molecule is Cc1c(O)cccc1NC(=O)c1c(F)cccc1Cl. The van der Waals surface area contributed by atoms with Crippen LogP contribution < -0.4 is 5.32 Å². The molecule has 2 aromatic rings. The number of phenols is 1. The van der Waals surface area contributed by atoms with Crippen LogP contribution in [0.5, 0.6) is 5.75 Å². The van der Waals surface area contributed by atoms with Crippen LogP contribution in [-0.2, 0) is 0 Å². The van der Waals surface area contributed by atoms with Crippen molar-refractivity contribution in [3.63, 3.8) is 0 Å². The minimum atomic E-state index is -0.692. The summed E-state index contributed by atoms with van der Waals surface area (Å²) in [6.45, 7) is 1.65. The molecule has 0 aliphatic carbocycles. The Morgan fingerprint density at radius 2 is 1.95 bits per heavy atom. The van der Waals surface area contributed by atoms with Gasteiger partial charge < -0.3 is 10.4 Å². The minimum Gasteiger partial charge on any atom is -0.508 e. The van der Waals surface area contributed by atoms with Crippen LogP contribution >= 0.6 is 11.6 Å². The predicted octanol–water partition coefficient (Wildman–Crippen LogP) is 3.75. The molecule has 5 heteroatoms. The van der Waals surface area contributed by atoms with E-state index in [1.807, 2.05) is 0 Å². The van der Waals surface area contributed by atoms with Gasteiger partial charge in [0.15, 0.2) is 0 Å². The molecular formula is C14H11ClFNO2. The highest BCUT2D eigenvalue weighted by Gasteiger charge is 2.16. The van der Waals surface area contributed by atoms with Crippen LogP contribution in [0.4, 0.5) is 10.1 Å². The van der Waals surface area contributed by atoms with Gasteiger partial charge in [0.05, 0.1) is 10.6 Å². The molecule has 0 bridgehead atoms. The van der Waals surface area contributed by atoms with Crippen molar-refractivity contribution in [2.45, 2.75) is 6.92 Å². The summed E-state index contributed by atoms with van der Waals surface area (Å²) in [7, 11) is 0. The van der Waals surface area contributed by atoms with Gasteiger partial charge in [-0.15, -0.1) is 0 Å². The third-order valence-corrected chi connectivity index (χ3v) is 3.06. The Bertz CT molecular complexity index is 623. The van der Waals surface area contributed by atoms with Gasteiger partial charge in [0.1, 0.15) is 11.6 Å². The lowest BCUT2D eigenvalue weighted by Gasteiger charge is -2.10. The number of carbonyl (C=O) groups excluding carboxylic acids is 1. The summed E-state index contributed by atoms with van der Waals surface area (Å²) in [6.07, 6.45) is 0. The maximum Gasteiger partial charge on any atom is 0.260 e. The van der Waals surface area contributed by atoms with Gasteiger partial charge in [-0.25, -0.2) is 4.39 Å². The molecule has 0 saturated heterocycles. The zero-order chi connectivity index (χ0) is 14.0. The molecule has 0 spiro atoms. The third-order valence-electron chi connectivity index (χ3n) is 2.74. The number of carbonyl (C=O) groups is 1.